The van der Waals surface area contributed by atoms with Crippen molar-refractivity contribution < 1.29 is 9.90 Å². The second-order valence-electron chi connectivity index (χ2n) is 3.92. The first-order valence-corrected chi connectivity index (χ1v) is 6.11. The average Bonchev–Trinajstić information content (AvgIpc) is 2.93. The number of aromatic nitrogens is 3. The number of aromatic amines is 1. The minimum Gasteiger partial charge on any atom is -0.476 e. The summed E-state index contributed by atoms with van der Waals surface area (Å²) in [6.07, 6.45) is 1.37. The summed E-state index contributed by atoms with van der Waals surface area (Å²) >= 11 is 1.46. The Morgan fingerprint density at radius 2 is 2.28 bits per heavy atom. The summed E-state index contributed by atoms with van der Waals surface area (Å²) in [5.41, 5.74) is 2.49. The molecule has 1 aromatic carbocycles. The molecule has 0 amide bonds. The van der Waals surface area contributed by atoms with E-state index in [1.807, 2.05) is 25.1 Å². The summed E-state index contributed by atoms with van der Waals surface area (Å²) < 4.78 is 1.04. The van der Waals surface area contributed by atoms with Crippen molar-refractivity contribution in [2.75, 3.05) is 0 Å². The van der Waals surface area contributed by atoms with Gasteiger partial charge in [0.25, 0.3) is 0 Å². The molecule has 2 heterocycles. The lowest BCUT2D eigenvalue weighted by atomic mass is 10.2. The molecule has 0 aliphatic carbocycles. The molecule has 3 aromatic rings. The fourth-order valence-electron chi connectivity index (χ4n) is 1.76. The van der Waals surface area contributed by atoms with Crippen LogP contribution in [-0.4, -0.2) is 26.0 Å². The van der Waals surface area contributed by atoms with Crippen molar-refractivity contribution in [3.63, 3.8) is 0 Å². The Hall–Kier alpha value is -2.21. The molecule has 5 nitrogen and oxygen atoms in total. The van der Waals surface area contributed by atoms with Gasteiger partial charge in [-0.15, -0.1) is 11.3 Å². The van der Waals surface area contributed by atoms with E-state index in [9.17, 15) is 4.79 Å². The number of aromatic carboxylic acids is 1. The maximum absolute atomic E-state index is 11.0. The van der Waals surface area contributed by atoms with Crippen LogP contribution in [0.5, 0.6) is 0 Å². The molecular formula is C12H9N3O2S. The molecule has 3 rings (SSSR count). The number of nitrogens with one attached hydrogen (secondary N) is 1. The predicted octanol–water partition coefficient (Wildman–Crippen LogP) is 2.69. The zero-order valence-electron chi connectivity index (χ0n) is 9.47. The lowest BCUT2D eigenvalue weighted by Gasteiger charge is -1.92. The Balaban J connectivity index is 2.19. The monoisotopic (exact) mass is 259 g/mol. The standard InChI is InChI=1S/C12H9N3O2S/c1-6-2-3-7-8(4-6)18-11(15-7)9-10(12(16)17)14-5-13-9/h2-5H,1H3,(H,13,14)(H,16,17). The van der Waals surface area contributed by atoms with Crippen molar-refractivity contribution in [2.45, 2.75) is 6.92 Å². The molecule has 0 bridgehead atoms. The summed E-state index contributed by atoms with van der Waals surface area (Å²) in [6.45, 7) is 2.01. The number of thiazole rings is 1. The van der Waals surface area contributed by atoms with E-state index in [0.29, 0.717) is 10.7 Å². The summed E-state index contributed by atoms with van der Waals surface area (Å²) in [6, 6.07) is 5.95. The third-order valence-electron chi connectivity index (χ3n) is 2.60. The van der Waals surface area contributed by atoms with E-state index in [1.165, 1.54) is 17.7 Å². The smallest absolute Gasteiger partial charge is 0.356 e. The maximum atomic E-state index is 11.0. The lowest BCUT2D eigenvalue weighted by Crippen LogP contribution is -1.98. The van der Waals surface area contributed by atoms with Gasteiger partial charge in [0.2, 0.25) is 0 Å². The zero-order valence-corrected chi connectivity index (χ0v) is 10.3. The molecule has 0 unspecified atom stereocenters. The summed E-state index contributed by atoms with van der Waals surface area (Å²) in [4.78, 5) is 22.1. The molecule has 0 radical (unpaired) electrons. The molecule has 0 fully saturated rings. The molecule has 0 saturated heterocycles. The van der Waals surface area contributed by atoms with E-state index in [1.54, 1.807) is 0 Å². The van der Waals surface area contributed by atoms with E-state index in [4.69, 9.17) is 5.11 Å². The molecule has 90 valence electrons. The number of hydrogen-bond acceptors (Lipinski definition) is 4. The quantitative estimate of drug-likeness (QED) is 0.741. The van der Waals surface area contributed by atoms with E-state index in [-0.39, 0.29) is 5.69 Å². The number of nitrogens with zero attached hydrogens (tertiary/aromatic N) is 2. The van der Waals surface area contributed by atoms with Gasteiger partial charge in [0.15, 0.2) is 5.69 Å². The lowest BCUT2D eigenvalue weighted by molar-refractivity contribution is 0.0692. The van der Waals surface area contributed by atoms with Gasteiger partial charge < -0.3 is 10.1 Å². The Morgan fingerprint density at radius 3 is 3.06 bits per heavy atom. The minimum atomic E-state index is -1.05. The topological polar surface area (TPSA) is 78.9 Å². The largest absolute Gasteiger partial charge is 0.476 e. The predicted molar refractivity (Wildman–Crippen MR) is 68.9 cm³/mol. The van der Waals surface area contributed by atoms with Gasteiger partial charge in [-0.05, 0) is 24.6 Å². The summed E-state index contributed by atoms with van der Waals surface area (Å²) in [5.74, 6) is -1.05. The fourth-order valence-corrected chi connectivity index (χ4v) is 2.83. The molecule has 0 spiro atoms. The normalized spacial score (nSPS) is 10.9. The molecule has 6 heteroatoms. The molecule has 18 heavy (non-hydrogen) atoms. The van der Waals surface area contributed by atoms with Gasteiger partial charge in [-0.1, -0.05) is 6.07 Å². The van der Waals surface area contributed by atoms with Crippen LogP contribution in [-0.2, 0) is 0 Å². The summed E-state index contributed by atoms with van der Waals surface area (Å²) in [7, 11) is 0. The number of hydrogen-bond donors (Lipinski definition) is 2. The van der Waals surface area contributed by atoms with Crippen molar-refractivity contribution in [3.05, 3.63) is 35.8 Å². The molecular weight excluding hydrogens is 250 g/mol. The van der Waals surface area contributed by atoms with Gasteiger partial charge >= 0.3 is 5.97 Å². The van der Waals surface area contributed by atoms with Crippen LogP contribution in [0.3, 0.4) is 0 Å². The van der Waals surface area contributed by atoms with Crippen LogP contribution in [0.15, 0.2) is 24.5 Å². The highest BCUT2D eigenvalue weighted by atomic mass is 32.1. The van der Waals surface area contributed by atoms with E-state index in [0.717, 1.165) is 15.8 Å². The van der Waals surface area contributed by atoms with Crippen LogP contribution < -0.4 is 0 Å². The Morgan fingerprint density at radius 1 is 1.44 bits per heavy atom. The molecule has 2 N–H and O–H groups in total. The van der Waals surface area contributed by atoms with E-state index >= 15 is 0 Å². The van der Waals surface area contributed by atoms with Crippen molar-refractivity contribution in [1.82, 2.24) is 15.0 Å². The highest BCUT2D eigenvalue weighted by Crippen LogP contribution is 2.30. The van der Waals surface area contributed by atoms with Crippen molar-refractivity contribution in [2.24, 2.45) is 0 Å². The van der Waals surface area contributed by atoms with Gasteiger partial charge in [0.05, 0.1) is 16.5 Å². The highest BCUT2D eigenvalue weighted by molar-refractivity contribution is 7.21. The first kappa shape index (κ1) is 10.9. The first-order chi connectivity index (χ1) is 8.65. The van der Waals surface area contributed by atoms with Gasteiger partial charge in [-0.3, -0.25) is 0 Å². The molecule has 0 saturated carbocycles. The number of carboxylic acids is 1. The SMILES string of the molecule is Cc1ccc2nc(-c3[nH]cnc3C(=O)O)sc2c1. The molecule has 0 aliphatic heterocycles. The average molecular weight is 259 g/mol. The number of H-pyrrole nitrogens is 1. The maximum Gasteiger partial charge on any atom is 0.356 e. The second-order valence-corrected chi connectivity index (χ2v) is 4.95. The molecule has 2 aromatic heterocycles. The molecule has 0 atom stereocenters. The number of aryl methyl sites for hydroxylation is 1. The Bertz CT molecular complexity index is 745. The zero-order chi connectivity index (χ0) is 12.7. The van der Waals surface area contributed by atoms with Gasteiger partial charge in [-0.25, -0.2) is 14.8 Å². The second kappa shape index (κ2) is 3.92. The number of rotatable bonds is 2. The van der Waals surface area contributed by atoms with E-state index < -0.39 is 5.97 Å². The van der Waals surface area contributed by atoms with Crippen LogP contribution in [0.4, 0.5) is 0 Å². The Kier molecular flexibility index (Phi) is 2.38. The minimum absolute atomic E-state index is 0.00535. The highest BCUT2D eigenvalue weighted by Gasteiger charge is 2.17. The van der Waals surface area contributed by atoms with Crippen molar-refractivity contribution >= 4 is 27.5 Å². The van der Waals surface area contributed by atoms with Gasteiger partial charge in [-0.2, -0.15) is 0 Å². The van der Waals surface area contributed by atoms with Gasteiger partial charge in [0.1, 0.15) is 10.7 Å². The third-order valence-corrected chi connectivity index (χ3v) is 3.64. The van der Waals surface area contributed by atoms with Crippen LogP contribution in [0.2, 0.25) is 0 Å². The van der Waals surface area contributed by atoms with E-state index in [2.05, 4.69) is 15.0 Å². The third kappa shape index (κ3) is 1.67. The number of carboxylic acid groups (broad SMARTS) is 1. The number of imidazole rings is 1. The number of fused-ring (bicyclic) bond motifs is 1. The summed E-state index contributed by atoms with van der Waals surface area (Å²) in [5, 5.41) is 9.67. The van der Waals surface area contributed by atoms with Crippen molar-refractivity contribution in [3.8, 4) is 10.7 Å². The fraction of sp³-hybridized carbons (Fsp3) is 0.0833. The first-order valence-electron chi connectivity index (χ1n) is 5.29. The van der Waals surface area contributed by atoms with Crippen molar-refractivity contribution in [1.29, 1.82) is 0 Å². The number of carbonyl (C=O) groups is 1. The van der Waals surface area contributed by atoms with Crippen LogP contribution in [0, 0.1) is 6.92 Å². The van der Waals surface area contributed by atoms with Crippen LogP contribution in [0.1, 0.15) is 16.1 Å². The van der Waals surface area contributed by atoms with Crippen LogP contribution in [0.25, 0.3) is 20.9 Å². The van der Waals surface area contributed by atoms with Gasteiger partial charge in [0, 0.05) is 0 Å². The molecule has 0 aliphatic rings. The van der Waals surface area contributed by atoms with Crippen LogP contribution >= 0.6 is 11.3 Å². The Labute approximate surface area is 106 Å². The number of benzene rings is 1.